The molecule has 0 unspecified atom stereocenters. The number of nitrogens with zero attached hydrogens (tertiary/aromatic N) is 1. The Morgan fingerprint density at radius 2 is 1.94 bits per heavy atom. The van der Waals surface area contributed by atoms with E-state index in [4.69, 9.17) is 10.5 Å². The van der Waals surface area contributed by atoms with E-state index in [1.165, 1.54) is 0 Å². The summed E-state index contributed by atoms with van der Waals surface area (Å²) < 4.78 is 4.86. The van der Waals surface area contributed by atoms with Crippen molar-refractivity contribution in [1.29, 1.82) is 0 Å². The number of carbonyl (C=O) groups excluding carboxylic acids is 1. The van der Waals surface area contributed by atoms with Crippen LogP contribution in [0.1, 0.15) is 52.4 Å². The van der Waals surface area contributed by atoms with Gasteiger partial charge in [-0.15, -0.1) is 0 Å². The van der Waals surface area contributed by atoms with Crippen LogP contribution < -0.4 is 11.1 Å². The number of nitrogens with one attached hydrogen (secondary N) is 1. The van der Waals surface area contributed by atoms with Crippen molar-refractivity contribution in [3.05, 3.63) is 0 Å². The van der Waals surface area contributed by atoms with Gasteiger partial charge in [0.25, 0.3) is 0 Å². The molecular weight excluding hydrogens is 230 g/mol. The van der Waals surface area contributed by atoms with Crippen LogP contribution in [0.3, 0.4) is 0 Å². The van der Waals surface area contributed by atoms with Crippen LogP contribution in [0.15, 0.2) is 4.99 Å². The Balaban J connectivity index is 3.28. The minimum absolute atomic E-state index is 0.0911. The Bertz CT molecular complexity index is 242. The van der Waals surface area contributed by atoms with Crippen molar-refractivity contribution in [3.8, 4) is 0 Å². The number of aliphatic imine (C=N–C) groups is 1. The molecule has 0 aliphatic rings. The summed E-state index contributed by atoms with van der Waals surface area (Å²) in [5.74, 6) is 0.440. The highest BCUT2D eigenvalue weighted by Gasteiger charge is 2.00. The van der Waals surface area contributed by atoms with Gasteiger partial charge < -0.3 is 15.8 Å². The Labute approximate surface area is 110 Å². The molecule has 0 bridgehead atoms. The number of ether oxygens (including phenoxy) is 1. The average molecular weight is 257 g/mol. The fraction of sp³-hybridized carbons (Fsp3) is 0.846. The monoisotopic (exact) mass is 257 g/mol. The van der Waals surface area contributed by atoms with Gasteiger partial charge in [0.2, 0.25) is 0 Å². The third-order valence-corrected chi connectivity index (χ3v) is 2.42. The van der Waals surface area contributed by atoms with Crippen molar-refractivity contribution < 1.29 is 9.53 Å². The molecular formula is C13H27N3O2. The molecule has 0 atom stereocenters. The molecule has 5 heteroatoms. The van der Waals surface area contributed by atoms with Crippen LogP contribution in [0.25, 0.3) is 0 Å². The summed E-state index contributed by atoms with van der Waals surface area (Å²) in [7, 11) is 0. The lowest BCUT2D eigenvalue weighted by atomic mass is 10.1. The maximum Gasteiger partial charge on any atom is 0.305 e. The van der Waals surface area contributed by atoms with E-state index in [0.29, 0.717) is 19.0 Å². The minimum Gasteiger partial charge on any atom is -0.466 e. The van der Waals surface area contributed by atoms with Gasteiger partial charge in [-0.25, -0.2) is 0 Å². The first-order valence-electron chi connectivity index (χ1n) is 6.90. The van der Waals surface area contributed by atoms with Crippen molar-refractivity contribution in [2.24, 2.45) is 10.7 Å². The van der Waals surface area contributed by atoms with E-state index in [1.54, 1.807) is 0 Å². The summed E-state index contributed by atoms with van der Waals surface area (Å²) >= 11 is 0. The fourth-order valence-electron chi connectivity index (χ4n) is 1.49. The number of rotatable bonds is 10. The molecule has 18 heavy (non-hydrogen) atoms. The van der Waals surface area contributed by atoms with Crippen LogP contribution in [-0.4, -0.2) is 31.6 Å². The van der Waals surface area contributed by atoms with E-state index in [0.717, 1.165) is 45.2 Å². The van der Waals surface area contributed by atoms with Crippen LogP contribution >= 0.6 is 0 Å². The lowest BCUT2D eigenvalue weighted by Gasteiger charge is -2.05. The van der Waals surface area contributed by atoms with Crippen molar-refractivity contribution in [2.75, 3.05) is 19.7 Å². The summed E-state index contributed by atoms with van der Waals surface area (Å²) in [6.07, 6.45) is 5.63. The number of unbranched alkanes of at least 4 members (excludes halogenated alkanes) is 3. The van der Waals surface area contributed by atoms with Gasteiger partial charge in [-0.3, -0.25) is 9.79 Å². The highest BCUT2D eigenvalue weighted by Crippen LogP contribution is 2.03. The van der Waals surface area contributed by atoms with E-state index in [9.17, 15) is 4.79 Å². The first-order valence-corrected chi connectivity index (χ1v) is 6.90. The number of hydrogen-bond acceptors (Lipinski definition) is 3. The minimum atomic E-state index is -0.0911. The standard InChI is InChI=1S/C13H27N3O2/c1-3-10-15-13(14)16-11-8-6-5-7-9-12(17)18-4-2/h3-11H2,1-2H3,(H3,14,15,16). The van der Waals surface area contributed by atoms with E-state index in [1.807, 2.05) is 6.92 Å². The average Bonchev–Trinajstić information content (AvgIpc) is 2.35. The molecule has 0 aliphatic heterocycles. The zero-order valence-corrected chi connectivity index (χ0v) is 11.7. The summed E-state index contributed by atoms with van der Waals surface area (Å²) in [5.41, 5.74) is 5.65. The quantitative estimate of drug-likeness (QED) is 0.271. The molecule has 0 saturated carbocycles. The molecule has 3 N–H and O–H groups in total. The molecule has 0 spiro atoms. The third kappa shape index (κ3) is 11.2. The Hall–Kier alpha value is -1.26. The molecule has 5 nitrogen and oxygen atoms in total. The molecule has 0 rings (SSSR count). The van der Waals surface area contributed by atoms with Crippen molar-refractivity contribution in [2.45, 2.75) is 52.4 Å². The SMILES string of the molecule is CCCN=C(N)NCCCCCCC(=O)OCC. The topological polar surface area (TPSA) is 76.7 Å². The molecule has 0 heterocycles. The van der Waals surface area contributed by atoms with Crippen LogP contribution in [-0.2, 0) is 9.53 Å². The number of guanidine groups is 1. The molecule has 106 valence electrons. The maximum atomic E-state index is 11.1. The predicted octanol–water partition coefficient (Wildman–Crippen LogP) is 1.81. The van der Waals surface area contributed by atoms with Gasteiger partial charge in [0.1, 0.15) is 0 Å². The second-order valence-electron chi connectivity index (χ2n) is 4.16. The van der Waals surface area contributed by atoms with Gasteiger partial charge in [0, 0.05) is 19.5 Å². The van der Waals surface area contributed by atoms with Gasteiger partial charge in [0.15, 0.2) is 5.96 Å². The molecule has 0 fully saturated rings. The van der Waals surface area contributed by atoms with Gasteiger partial charge in [-0.2, -0.15) is 0 Å². The molecule has 0 aromatic carbocycles. The van der Waals surface area contributed by atoms with Crippen molar-refractivity contribution in [1.82, 2.24) is 5.32 Å². The highest BCUT2D eigenvalue weighted by molar-refractivity contribution is 5.77. The molecule has 0 aromatic heterocycles. The summed E-state index contributed by atoms with van der Waals surface area (Å²) in [5, 5.41) is 3.07. The van der Waals surface area contributed by atoms with Gasteiger partial charge in [-0.05, 0) is 26.2 Å². The van der Waals surface area contributed by atoms with Crippen LogP contribution in [0.4, 0.5) is 0 Å². The van der Waals surface area contributed by atoms with Crippen molar-refractivity contribution in [3.63, 3.8) is 0 Å². The molecule has 0 saturated heterocycles. The maximum absolute atomic E-state index is 11.1. The third-order valence-electron chi connectivity index (χ3n) is 2.42. The number of esters is 1. The molecule has 0 radical (unpaired) electrons. The largest absolute Gasteiger partial charge is 0.466 e. The van der Waals surface area contributed by atoms with Gasteiger partial charge in [-0.1, -0.05) is 19.8 Å². The molecule has 0 aromatic rings. The van der Waals surface area contributed by atoms with E-state index in [2.05, 4.69) is 17.2 Å². The van der Waals surface area contributed by atoms with Crippen molar-refractivity contribution >= 4 is 11.9 Å². The van der Waals surface area contributed by atoms with Crippen LogP contribution in [0.2, 0.25) is 0 Å². The van der Waals surface area contributed by atoms with Crippen LogP contribution in [0, 0.1) is 0 Å². The van der Waals surface area contributed by atoms with Crippen LogP contribution in [0.5, 0.6) is 0 Å². The lowest BCUT2D eigenvalue weighted by molar-refractivity contribution is -0.143. The first-order chi connectivity index (χ1) is 8.70. The number of nitrogens with two attached hydrogens (primary N) is 1. The van der Waals surface area contributed by atoms with E-state index < -0.39 is 0 Å². The summed E-state index contributed by atoms with van der Waals surface area (Å²) in [6, 6.07) is 0. The highest BCUT2D eigenvalue weighted by atomic mass is 16.5. The number of carbonyl (C=O) groups is 1. The zero-order valence-electron chi connectivity index (χ0n) is 11.7. The Morgan fingerprint density at radius 3 is 2.61 bits per heavy atom. The second kappa shape index (κ2) is 12.2. The Morgan fingerprint density at radius 1 is 1.22 bits per heavy atom. The zero-order chi connectivity index (χ0) is 13.6. The fourth-order valence-corrected chi connectivity index (χ4v) is 1.49. The lowest BCUT2D eigenvalue weighted by Crippen LogP contribution is -2.32. The number of hydrogen-bond donors (Lipinski definition) is 2. The summed E-state index contributed by atoms with van der Waals surface area (Å²) in [6.45, 7) is 5.99. The van der Waals surface area contributed by atoms with Gasteiger partial charge >= 0.3 is 5.97 Å². The van der Waals surface area contributed by atoms with E-state index in [-0.39, 0.29) is 5.97 Å². The predicted molar refractivity (Wildman–Crippen MR) is 74.5 cm³/mol. The summed E-state index contributed by atoms with van der Waals surface area (Å²) in [4.78, 5) is 15.2. The Kier molecular flexibility index (Phi) is 11.3. The normalized spacial score (nSPS) is 11.3. The first kappa shape index (κ1) is 16.7. The smallest absolute Gasteiger partial charge is 0.305 e. The molecule has 0 amide bonds. The molecule has 0 aliphatic carbocycles. The second-order valence-corrected chi connectivity index (χ2v) is 4.16. The van der Waals surface area contributed by atoms with Gasteiger partial charge in [0.05, 0.1) is 6.61 Å². The van der Waals surface area contributed by atoms with E-state index >= 15 is 0 Å².